The maximum atomic E-state index is 13.6. The Hall–Kier alpha value is -2.12. The molecule has 2 aromatic carbocycles. The molecule has 1 N–H and O–H groups in total. The lowest BCUT2D eigenvalue weighted by molar-refractivity contribution is -0.120. The van der Waals surface area contributed by atoms with Gasteiger partial charge in [-0.1, -0.05) is 35.9 Å². The quantitative estimate of drug-likeness (QED) is 0.779. The van der Waals surface area contributed by atoms with Crippen LogP contribution in [0.5, 0.6) is 0 Å². The van der Waals surface area contributed by atoms with Gasteiger partial charge in [-0.2, -0.15) is 0 Å². The predicted octanol–water partition coefficient (Wildman–Crippen LogP) is 2.91. The molecule has 0 bridgehead atoms. The summed E-state index contributed by atoms with van der Waals surface area (Å²) < 4.78 is 38.9. The summed E-state index contributed by atoms with van der Waals surface area (Å²) in [4.78, 5) is 12.0. The Balaban J connectivity index is 2.01. The van der Waals surface area contributed by atoms with Gasteiger partial charge in [0.1, 0.15) is 5.82 Å². The van der Waals surface area contributed by atoms with Gasteiger partial charge in [-0.15, -0.1) is 0 Å². The zero-order valence-corrected chi connectivity index (χ0v) is 16.1. The van der Waals surface area contributed by atoms with Crippen LogP contribution in [-0.4, -0.2) is 33.7 Å². The van der Waals surface area contributed by atoms with Gasteiger partial charge in [0.15, 0.2) is 0 Å². The van der Waals surface area contributed by atoms with Crippen LogP contribution in [0.25, 0.3) is 0 Å². The number of carbonyl (C=O) groups is 1. The number of halogens is 2. The van der Waals surface area contributed by atoms with Gasteiger partial charge >= 0.3 is 0 Å². The number of nitrogens with one attached hydrogen (secondary N) is 1. The number of amides is 1. The highest BCUT2D eigenvalue weighted by Crippen LogP contribution is 2.24. The molecule has 0 heterocycles. The Bertz CT molecular complexity index is 903. The van der Waals surface area contributed by atoms with E-state index in [0.717, 1.165) is 11.8 Å². The molecule has 2 rings (SSSR count). The number of rotatable bonds is 7. The first kappa shape index (κ1) is 20.2. The average Bonchev–Trinajstić information content (AvgIpc) is 2.55. The summed E-state index contributed by atoms with van der Waals surface area (Å²) in [6, 6.07) is 11.0. The molecule has 1 amide bonds. The summed E-state index contributed by atoms with van der Waals surface area (Å²) in [7, 11) is -3.55. The number of anilines is 1. The largest absolute Gasteiger partial charge is 0.354 e. The van der Waals surface area contributed by atoms with Crippen LogP contribution in [0.4, 0.5) is 10.1 Å². The van der Waals surface area contributed by atoms with Gasteiger partial charge in [-0.05, 0) is 36.2 Å². The fourth-order valence-electron chi connectivity index (χ4n) is 2.40. The molecular formula is C18H20ClFN2O3S. The lowest BCUT2D eigenvalue weighted by atomic mass is 10.1. The first-order valence-electron chi connectivity index (χ1n) is 7.92. The van der Waals surface area contributed by atoms with Gasteiger partial charge in [-0.3, -0.25) is 9.10 Å². The maximum Gasteiger partial charge on any atom is 0.232 e. The number of hydrogen-bond donors (Lipinski definition) is 1. The highest BCUT2D eigenvalue weighted by Gasteiger charge is 2.18. The van der Waals surface area contributed by atoms with Gasteiger partial charge < -0.3 is 5.32 Å². The minimum absolute atomic E-state index is 0.0429. The standard InChI is InChI=1S/C18H20ClFN2O3S/c1-13-7-8-15(12-16(13)19)22(26(2,24)25)10-9-21-18(23)11-14-5-3-4-6-17(14)20/h3-8,12H,9-11H2,1-2H3,(H,21,23). The monoisotopic (exact) mass is 398 g/mol. The first-order chi connectivity index (χ1) is 12.2. The Morgan fingerprint density at radius 1 is 1.23 bits per heavy atom. The molecule has 0 aliphatic carbocycles. The minimum atomic E-state index is -3.55. The van der Waals surface area contributed by atoms with Gasteiger partial charge in [-0.25, -0.2) is 12.8 Å². The first-order valence-corrected chi connectivity index (χ1v) is 10.1. The Kier molecular flexibility index (Phi) is 6.61. The molecule has 0 saturated heterocycles. The molecule has 5 nitrogen and oxygen atoms in total. The van der Waals surface area contributed by atoms with Crippen LogP contribution in [0.2, 0.25) is 5.02 Å². The zero-order chi connectivity index (χ0) is 19.3. The van der Waals surface area contributed by atoms with Crippen LogP contribution in [0.15, 0.2) is 42.5 Å². The van der Waals surface area contributed by atoms with E-state index >= 15 is 0 Å². The molecule has 0 unspecified atom stereocenters. The van der Waals surface area contributed by atoms with Crippen LogP contribution in [-0.2, 0) is 21.2 Å². The number of sulfonamides is 1. The smallest absolute Gasteiger partial charge is 0.232 e. The topological polar surface area (TPSA) is 66.5 Å². The van der Waals surface area contributed by atoms with E-state index in [2.05, 4.69) is 5.32 Å². The molecule has 0 atom stereocenters. The summed E-state index contributed by atoms with van der Waals surface area (Å²) in [6.07, 6.45) is 0.976. The van der Waals surface area contributed by atoms with E-state index in [-0.39, 0.29) is 31.0 Å². The van der Waals surface area contributed by atoms with Crippen molar-refractivity contribution < 1.29 is 17.6 Å². The Morgan fingerprint density at radius 2 is 1.92 bits per heavy atom. The van der Waals surface area contributed by atoms with Crippen LogP contribution in [0, 0.1) is 12.7 Å². The predicted molar refractivity (Wildman–Crippen MR) is 101 cm³/mol. The van der Waals surface area contributed by atoms with Crippen molar-refractivity contribution in [1.29, 1.82) is 0 Å². The van der Waals surface area contributed by atoms with E-state index < -0.39 is 15.8 Å². The highest BCUT2D eigenvalue weighted by atomic mass is 35.5. The third-order valence-electron chi connectivity index (χ3n) is 3.79. The molecular weight excluding hydrogens is 379 g/mol. The number of aryl methyl sites for hydroxylation is 1. The molecule has 0 fully saturated rings. The van der Waals surface area contributed by atoms with Crippen molar-refractivity contribution in [3.05, 3.63) is 64.4 Å². The molecule has 0 aliphatic heterocycles. The van der Waals surface area contributed by atoms with Gasteiger partial charge in [0, 0.05) is 11.6 Å². The minimum Gasteiger partial charge on any atom is -0.354 e. The van der Waals surface area contributed by atoms with E-state index in [1.807, 2.05) is 6.92 Å². The van der Waals surface area contributed by atoms with Crippen LogP contribution < -0.4 is 9.62 Å². The average molecular weight is 399 g/mol. The van der Waals surface area contributed by atoms with Crippen molar-refractivity contribution in [2.75, 3.05) is 23.7 Å². The van der Waals surface area contributed by atoms with Crippen molar-refractivity contribution in [3.63, 3.8) is 0 Å². The van der Waals surface area contributed by atoms with E-state index in [4.69, 9.17) is 11.6 Å². The van der Waals surface area contributed by atoms with Crippen molar-refractivity contribution in [2.24, 2.45) is 0 Å². The zero-order valence-electron chi connectivity index (χ0n) is 14.5. The van der Waals surface area contributed by atoms with Crippen LogP contribution >= 0.6 is 11.6 Å². The molecule has 0 spiro atoms. The summed E-state index contributed by atoms with van der Waals surface area (Å²) in [5.74, 6) is -0.833. The normalized spacial score (nSPS) is 11.2. The molecule has 0 aromatic heterocycles. The van der Waals surface area contributed by atoms with Gasteiger partial charge in [0.05, 0.1) is 24.9 Å². The van der Waals surface area contributed by atoms with Gasteiger partial charge in [0.25, 0.3) is 0 Å². The Morgan fingerprint density at radius 3 is 2.54 bits per heavy atom. The van der Waals surface area contributed by atoms with E-state index in [1.165, 1.54) is 16.4 Å². The lowest BCUT2D eigenvalue weighted by Crippen LogP contribution is -2.38. The summed E-state index contributed by atoms with van der Waals surface area (Å²) >= 11 is 6.07. The molecule has 26 heavy (non-hydrogen) atoms. The maximum absolute atomic E-state index is 13.6. The Labute approximate surface area is 157 Å². The number of carbonyl (C=O) groups excluding carboxylic acids is 1. The van der Waals surface area contributed by atoms with E-state index in [0.29, 0.717) is 10.7 Å². The number of benzene rings is 2. The SMILES string of the molecule is Cc1ccc(N(CCNC(=O)Cc2ccccc2F)S(C)(=O)=O)cc1Cl. The highest BCUT2D eigenvalue weighted by molar-refractivity contribution is 7.92. The van der Waals surface area contributed by atoms with E-state index in [1.54, 1.807) is 30.3 Å². The molecule has 0 radical (unpaired) electrons. The third-order valence-corrected chi connectivity index (χ3v) is 5.39. The second kappa shape index (κ2) is 8.51. The fraction of sp³-hybridized carbons (Fsp3) is 0.278. The van der Waals surface area contributed by atoms with Crippen LogP contribution in [0.1, 0.15) is 11.1 Å². The number of hydrogen-bond acceptors (Lipinski definition) is 3. The van der Waals surface area contributed by atoms with E-state index in [9.17, 15) is 17.6 Å². The summed E-state index contributed by atoms with van der Waals surface area (Å²) in [5, 5.41) is 3.07. The van der Waals surface area contributed by atoms with Crippen molar-refractivity contribution >= 4 is 33.2 Å². The third kappa shape index (κ3) is 5.44. The fourth-order valence-corrected chi connectivity index (χ4v) is 3.49. The summed E-state index contributed by atoms with van der Waals surface area (Å²) in [5.41, 5.74) is 1.55. The second-order valence-electron chi connectivity index (χ2n) is 5.89. The van der Waals surface area contributed by atoms with Crippen molar-refractivity contribution in [3.8, 4) is 0 Å². The second-order valence-corrected chi connectivity index (χ2v) is 8.20. The van der Waals surface area contributed by atoms with Crippen LogP contribution in [0.3, 0.4) is 0 Å². The molecule has 2 aromatic rings. The lowest BCUT2D eigenvalue weighted by Gasteiger charge is -2.23. The van der Waals surface area contributed by atoms with Crippen molar-refractivity contribution in [1.82, 2.24) is 5.32 Å². The summed E-state index contributed by atoms with van der Waals surface area (Å²) in [6.45, 7) is 1.95. The van der Waals surface area contributed by atoms with Gasteiger partial charge in [0.2, 0.25) is 15.9 Å². The molecule has 140 valence electrons. The number of nitrogens with zero attached hydrogens (tertiary/aromatic N) is 1. The molecule has 8 heteroatoms. The van der Waals surface area contributed by atoms with Crippen molar-refractivity contribution in [2.45, 2.75) is 13.3 Å². The molecule has 0 saturated carbocycles. The molecule has 0 aliphatic rings.